The van der Waals surface area contributed by atoms with Crippen molar-refractivity contribution in [1.82, 2.24) is 9.97 Å². The third-order valence-corrected chi connectivity index (χ3v) is 3.86. The van der Waals surface area contributed by atoms with Crippen molar-refractivity contribution < 1.29 is 9.47 Å². The zero-order chi connectivity index (χ0) is 17.2. The number of rotatable bonds is 4. The summed E-state index contributed by atoms with van der Waals surface area (Å²) in [6, 6.07) is 15.0. The van der Waals surface area contributed by atoms with Crippen LogP contribution in [0.15, 0.2) is 48.5 Å². The molecule has 1 heterocycles. The van der Waals surface area contributed by atoms with E-state index in [-0.39, 0.29) is 5.82 Å². The average Bonchev–Trinajstić information content (AvgIpc) is 2.59. The molecule has 0 amide bonds. The molecule has 3 aromatic rings. The lowest BCUT2D eigenvalue weighted by atomic mass is 10.2. The van der Waals surface area contributed by atoms with Crippen LogP contribution in [0.4, 0.5) is 0 Å². The fourth-order valence-corrected chi connectivity index (χ4v) is 2.41. The lowest BCUT2D eigenvalue weighted by molar-refractivity contribution is 0.296. The molecule has 0 aliphatic heterocycles. The molecule has 0 N–H and O–H groups in total. The highest BCUT2D eigenvalue weighted by molar-refractivity contribution is 6.66. The second-order valence-corrected chi connectivity index (χ2v) is 7.29. The molecule has 0 aliphatic carbocycles. The Morgan fingerprint density at radius 2 is 1.67 bits per heavy atom. The van der Waals surface area contributed by atoms with Gasteiger partial charge >= 0.3 is 0 Å². The first kappa shape index (κ1) is 17.1. The van der Waals surface area contributed by atoms with Crippen LogP contribution in [0.3, 0.4) is 0 Å². The van der Waals surface area contributed by atoms with Gasteiger partial charge in [0.15, 0.2) is 5.82 Å². The quantitative estimate of drug-likeness (QED) is 0.592. The van der Waals surface area contributed by atoms with Gasteiger partial charge in [-0.25, -0.2) is 4.98 Å². The van der Waals surface area contributed by atoms with E-state index in [1.165, 1.54) is 0 Å². The number of benzene rings is 2. The van der Waals surface area contributed by atoms with Crippen LogP contribution in [0.25, 0.3) is 10.9 Å². The molecule has 0 spiro atoms. The Balaban J connectivity index is 1.92. The molecule has 0 fully saturated rings. The van der Waals surface area contributed by atoms with Crippen LogP contribution in [-0.2, 0) is 10.4 Å². The fraction of sp³-hybridized carbons (Fsp3) is 0.176. The van der Waals surface area contributed by atoms with E-state index in [0.717, 1.165) is 16.7 Å². The van der Waals surface area contributed by atoms with Crippen molar-refractivity contribution in [3.8, 4) is 11.6 Å². The molecule has 24 heavy (non-hydrogen) atoms. The number of halogens is 3. The number of aromatic nitrogens is 2. The zero-order valence-corrected chi connectivity index (χ0v) is 14.9. The molecule has 0 saturated carbocycles. The minimum Gasteiger partial charge on any atom is -0.497 e. The molecule has 1 aromatic heterocycles. The molecule has 0 bridgehead atoms. The lowest BCUT2D eigenvalue weighted by Gasteiger charge is -2.14. The first-order valence-electron chi connectivity index (χ1n) is 7.07. The maximum Gasteiger partial charge on any atom is 0.250 e. The summed E-state index contributed by atoms with van der Waals surface area (Å²) in [5, 5.41) is 0.754. The van der Waals surface area contributed by atoms with Crippen LogP contribution in [0.5, 0.6) is 11.6 Å². The molecule has 0 saturated heterocycles. The topological polar surface area (TPSA) is 44.2 Å². The summed E-state index contributed by atoms with van der Waals surface area (Å²) in [7, 11) is 1.62. The molecular formula is C17H13Cl3N2O2. The van der Waals surface area contributed by atoms with E-state index in [9.17, 15) is 0 Å². The van der Waals surface area contributed by atoms with Gasteiger partial charge < -0.3 is 9.47 Å². The van der Waals surface area contributed by atoms with Crippen LogP contribution in [-0.4, -0.2) is 17.1 Å². The molecule has 0 unspecified atom stereocenters. The van der Waals surface area contributed by atoms with Gasteiger partial charge in [0.05, 0.1) is 18.0 Å². The SMILES string of the molecule is COc1ccc(COc2nc(C(Cl)(Cl)Cl)nc3ccccc23)cc1. The average molecular weight is 384 g/mol. The van der Waals surface area contributed by atoms with Gasteiger partial charge in [-0.1, -0.05) is 59.1 Å². The van der Waals surface area contributed by atoms with Crippen molar-refractivity contribution in [1.29, 1.82) is 0 Å². The van der Waals surface area contributed by atoms with Gasteiger partial charge in [-0.2, -0.15) is 4.98 Å². The second kappa shape index (κ2) is 7.01. The van der Waals surface area contributed by atoms with Gasteiger partial charge in [0.1, 0.15) is 12.4 Å². The third-order valence-electron chi connectivity index (χ3n) is 3.36. The van der Waals surface area contributed by atoms with Gasteiger partial charge in [-0.3, -0.25) is 0 Å². The number of para-hydroxylation sites is 1. The van der Waals surface area contributed by atoms with Crippen molar-refractivity contribution >= 4 is 45.7 Å². The van der Waals surface area contributed by atoms with Crippen molar-refractivity contribution in [2.24, 2.45) is 0 Å². The van der Waals surface area contributed by atoms with E-state index in [1.54, 1.807) is 7.11 Å². The summed E-state index contributed by atoms with van der Waals surface area (Å²) in [6.07, 6.45) is 0. The Labute approximate surface area is 154 Å². The van der Waals surface area contributed by atoms with Crippen LogP contribution in [0.1, 0.15) is 11.4 Å². The second-order valence-electron chi connectivity index (χ2n) is 5.00. The zero-order valence-electron chi connectivity index (χ0n) is 12.7. The molecule has 0 radical (unpaired) electrons. The normalized spacial score (nSPS) is 11.5. The van der Waals surface area contributed by atoms with Crippen molar-refractivity contribution in [3.63, 3.8) is 0 Å². The highest BCUT2D eigenvalue weighted by Gasteiger charge is 2.28. The molecule has 3 rings (SSSR count). The summed E-state index contributed by atoms with van der Waals surface area (Å²) in [6.45, 7) is 0.324. The predicted molar refractivity (Wildman–Crippen MR) is 96.1 cm³/mol. The summed E-state index contributed by atoms with van der Waals surface area (Å²) in [4.78, 5) is 8.55. The Hall–Kier alpha value is -1.75. The number of alkyl halides is 3. The van der Waals surface area contributed by atoms with E-state index in [0.29, 0.717) is 18.0 Å². The molecule has 4 nitrogen and oxygen atoms in total. The maximum atomic E-state index is 5.92. The number of fused-ring (bicyclic) bond motifs is 1. The summed E-state index contributed by atoms with van der Waals surface area (Å²) >= 11 is 17.8. The van der Waals surface area contributed by atoms with Crippen molar-refractivity contribution in [2.45, 2.75) is 10.4 Å². The van der Waals surface area contributed by atoms with Gasteiger partial charge in [0.2, 0.25) is 9.67 Å². The Bertz CT molecular complexity index is 849. The highest BCUT2D eigenvalue weighted by atomic mass is 35.6. The van der Waals surface area contributed by atoms with Gasteiger partial charge in [-0.05, 0) is 29.8 Å². The Morgan fingerprint density at radius 1 is 0.958 bits per heavy atom. The molecule has 2 aromatic carbocycles. The van der Waals surface area contributed by atoms with E-state index in [1.807, 2.05) is 48.5 Å². The van der Waals surface area contributed by atoms with E-state index in [4.69, 9.17) is 44.3 Å². The van der Waals surface area contributed by atoms with Crippen molar-refractivity contribution in [3.05, 3.63) is 59.9 Å². The standard InChI is InChI=1S/C17H13Cl3N2O2/c1-23-12-8-6-11(7-9-12)10-24-15-13-4-2-3-5-14(13)21-16(22-15)17(18,19)20/h2-9H,10H2,1H3. The third kappa shape index (κ3) is 3.83. The van der Waals surface area contributed by atoms with Gasteiger partial charge in [0, 0.05) is 0 Å². The number of ether oxygens (including phenoxy) is 2. The van der Waals surface area contributed by atoms with E-state index in [2.05, 4.69) is 9.97 Å². The smallest absolute Gasteiger partial charge is 0.250 e. The van der Waals surface area contributed by atoms with E-state index < -0.39 is 3.79 Å². The monoisotopic (exact) mass is 382 g/mol. The summed E-state index contributed by atoms with van der Waals surface area (Å²) in [5.41, 5.74) is 1.62. The first-order chi connectivity index (χ1) is 11.5. The Morgan fingerprint density at radius 3 is 2.33 bits per heavy atom. The Kier molecular flexibility index (Phi) is 4.99. The van der Waals surface area contributed by atoms with Crippen molar-refractivity contribution in [2.75, 3.05) is 7.11 Å². The predicted octanol–water partition coefficient (Wildman–Crippen LogP) is 5.04. The maximum absolute atomic E-state index is 5.92. The summed E-state index contributed by atoms with van der Waals surface area (Å²) < 4.78 is 9.26. The number of methoxy groups -OCH3 is 1. The lowest BCUT2D eigenvalue weighted by Crippen LogP contribution is -2.09. The minimum atomic E-state index is -1.72. The largest absolute Gasteiger partial charge is 0.497 e. The highest BCUT2D eigenvalue weighted by Crippen LogP contribution is 2.38. The van der Waals surface area contributed by atoms with Crippen LogP contribution < -0.4 is 9.47 Å². The fourth-order valence-electron chi connectivity index (χ4n) is 2.16. The summed E-state index contributed by atoms with van der Waals surface area (Å²) in [5.74, 6) is 1.23. The van der Waals surface area contributed by atoms with Gasteiger partial charge in [0.25, 0.3) is 0 Å². The molecule has 0 atom stereocenters. The number of hydrogen-bond donors (Lipinski definition) is 0. The van der Waals surface area contributed by atoms with Crippen LogP contribution in [0, 0.1) is 0 Å². The first-order valence-corrected chi connectivity index (χ1v) is 8.20. The van der Waals surface area contributed by atoms with Gasteiger partial charge in [-0.15, -0.1) is 0 Å². The number of hydrogen-bond acceptors (Lipinski definition) is 4. The molecule has 124 valence electrons. The minimum absolute atomic E-state index is 0.0796. The molecule has 0 aliphatic rings. The number of nitrogens with zero attached hydrogens (tertiary/aromatic N) is 2. The van der Waals surface area contributed by atoms with Crippen LogP contribution >= 0.6 is 34.8 Å². The molecular weight excluding hydrogens is 371 g/mol. The van der Waals surface area contributed by atoms with Crippen LogP contribution in [0.2, 0.25) is 0 Å². The van der Waals surface area contributed by atoms with E-state index >= 15 is 0 Å². The molecule has 7 heteroatoms.